The van der Waals surface area contributed by atoms with Gasteiger partial charge in [-0.3, -0.25) is 9.78 Å². The number of rotatable bonds is 6. The lowest BCUT2D eigenvalue weighted by molar-refractivity contribution is 0.0708. The van der Waals surface area contributed by atoms with Crippen LogP contribution in [0.2, 0.25) is 0 Å². The van der Waals surface area contributed by atoms with E-state index in [4.69, 9.17) is 0 Å². The van der Waals surface area contributed by atoms with Crippen LogP contribution < -0.4 is 5.32 Å². The van der Waals surface area contributed by atoms with E-state index in [9.17, 15) is 17.6 Å². The molecule has 3 rings (SSSR count). The predicted molar refractivity (Wildman–Crippen MR) is 102 cm³/mol. The number of carbonyl (C=O) groups is 1. The summed E-state index contributed by atoms with van der Waals surface area (Å²) in [6.07, 6.45) is 3.48. The molecule has 27 heavy (non-hydrogen) atoms. The number of aromatic nitrogens is 1. The first-order valence-corrected chi connectivity index (χ1v) is 10.7. The highest BCUT2D eigenvalue weighted by molar-refractivity contribution is 7.91. The normalized spacial score (nSPS) is 18.2. The molecule has 1 aliphatic heterocycles. The van der Waals surface area contributed by atoms with Crippen molar-refractivity contribution in [1.29, 1.82) is 0 Å². The number of carbonyl (C=O) groups excluding carboxylic acids is 1. The number of sulfone groups is 1. The Kier molecular flexibility index (Phi) is 5.74. The van der Waals surface area contributed by atoms with Gasteiger partial charge in [-0.1, -0.05) is 18.2 Å². The largest absolute Gasteiger partial charge is 0.380 e. The maximum Gasteiger partial charge on any atom is 0.255 e. The van der Waals surface area contributed by atoms with Crippen molar-refractivity contribution < 1.29 is 17.6 Å². The van der Waals surface area contributed by atoms with Crippen LogP contribution in [0, 0.1) is 5.82 Å². The van der Waals surface area contributed by atoms with Gasteiger partial charge in [-0.15, -0.1) is 0 Å². The predicted octanol–water partition coefficient (Wildman–Crippen LogP) is 2.48. The second kappa shape index (κ2) is 8.04. The van der Waals surface area contributed by atoms with Crippen molar-refractivity contribution in [2.24, 2.45) is 0 Å². The summed E-state index contributed by atoms with van der Waals surface area (Å²) in [4.78, 5) is 18.5. The monoisotopic (exact) mass is 391 g/mol. The third-order valence-electron chi connectivity index (χ3n) is 4.68. The average molecular weight is 391 g/mol. The van der Waals surface area contributed by atoms with Crippen LogP contribution in [0.25, 0.3) is 0 Å². The van der Waals surface area contributed by atoms with Crippen molar-refractivity contribution in [3.05, 3.63) is 59.7 Å². The Morgan fingerprint density at radius 1 is 1.33 bits per heavy atom. The van der Waals surface area contributed by atoms with Gasteiger partial charge < -0.3 is 10.2 Å². The SMILES string of the molecule is CCN(C(=O)c1cncc(NCc2ccccc2F)c1)C1CCS(=O)(=O)C1. The Hall–Kier alpha value is -2.48. The quantitative estimate of drug-likeness (QED) is 0.818. The van der Waals surface area contributed by atoms with Crippen molar-refractivity contribution >= 4 is 21.4 Å². The van der Waals surface area contributed by atoms with Crippen LogP contribution in [0.5, 0.6) is 0 Å². The van der Waals surface area contributed by atoms with E-state index in [0.717, 1.165) is 0 Å². The van der Waals surface area contributed by atoms with Crippen LogP contribution in [0.15, 0.2) is 42.7 Å². The van der Waals surface area contributed by atoms with Crippen molar-refractivity contribution in [3.8, 4) is 0 Å². The molecule has 2 heterocycles. The first-order valence-electron chi connectivity index (χ1n) is 8.83. The van der Waals surface area contributed by atoms with E-state index < -0.39 is 9.84 Å². The molecule has 144 valence electrons. The second-order valence-corrected chi connectivity index (χ2v) is 8.78. The Bertz CT molecular complexity index is 933. The molecule has 1 aromatic carbocycles. The summed E-state index contributed by atoms with van der Waals surface area (Å²) in [7, 11) is -3.08. The summed E-state index contributed by atoms with van der Waals surface area (Å²) in [6, 6.07) is 7.81. The van der Waals surface area contributed by atoms with Crippen molar-refractivity contribution in [2.75, 3.05) is 23.4 Å². The minimum atomic E-state index is -3.08. The van der Waals surface area contributed by atoms with E-state index in [2.05, 4.69) is 10.3 Å². The zero-order chi connectivity index (χ0) is 19.4. The van der Waals surface area contributed by atoms with Gasteiger partial charge in [0.15, 0.2) is 9.84 Å². The molecular formula is C19H22FN3O3S. The van der Waals surface area contributed by atoms with Gasteiger partial charge in [0.1, 0.15) is 5.82 Å². The van der Waals surface area contributed by atoms with Gasteiger partial charge in [-0.25, -0.2) is 12.8 Å². The molecule has 1 unspecified atom stereocenters. The summed E-state index contributed by atoms with van der Waals surface area (Å²) >= 11 is 0. The van der Waals surface area contributed by atoms with Gasteiger partial charge >= 0.3 is 0 Å². The average Bonchev–Trinajstić information content (AvgIpc) is 3.01. The van der Waals surface area contributed by atoms with Gasteiger partial charge in [0, 0.05) is 37.1 Å². The molecule has 1 fully saturated rings. The van der Waals surface area contributed by atoms with E-state index in [1.165, 1.54) is 12.3 Å². The van der Waals surface area contributed by atoms with Crippen molar-refractivity contribution in [3.63, 3.8) is 0 Å². The van der Waals surface area contributed by atoms with E-state index in [1.54, 1.807) is 35.4 Å². The molecule has 1 saturated heterocycles. The number of benzene rings is 1. The Labute approximate surface area is 158 Å². The van der Waals surface area contributed by atoms with Crippen LogP contribution >= 0.6 is 0 Å². The Morgan fingerprint density at radius 2 is 2.11 bits per heavy atom. The van der Waals surface area contributed by atoms with E-state index in [1.807, 2.05) is 6.92 Å². The van der Waals surface area contributed by atoms with Crippen LogP contribution in [0.3, 0.4) is 0 Å². The number of hydrogen-bond donors (Lipinski definition) is 1. The van der Waals surface area contributed by atoms with Crippen LogP contribution in [0.1, 0.15) is 29.3 Å². The number of hydrogen-bond acceptors (Lipinski definition) is 5. The molecule has 0 spiro atoms. The Balaban J connectivity index is 1.72. The highest BCUT2D eigenvalue weighted by Crippen LogP contribution is 2.21. The van der Waals surface area contributed by atoms with Crippen LogP contribution in [0.4, 0.5) is 10.1 Å². The lowest BCUT2D eigenvalue weighted by Gasteiger charge is -2.27. The molecule has 1 atom stereocenters. The number of amides is 1. The van der Waals surface area contributed by atoms with E-state index in [-0.39, 0.29) is 35.8 Å². The topological polar surface area (TPSA) is 79.4 Å². The smallest absolute Gasteiger partial charge is 0.255 e. The number of pyridine rings is 1. The van der Waals surface area contributed by atoms with Crippen LogP contribution in [-0.2, 0) is 16.4 Å². The molecule has 1 aromatic heterocycles. The molecule has 0 radical (unpaired) electrons. The number of nitrogens with zero attached hydrogens (tertiary/aromatic N) is 2. The molecule has 1 aliphatic rings. The fourth-order valence-electron chi connectivity index (χ4n) is 3.25. The standard InChI is InChI=1S/C19H22FN3O3S/c1-2-23(17-7-8-27(25,26)13-17)19(24)15-9-16(12-21-10-15)22-11-14-5-3-4-6-18(14)20/h3-6,9-10,12,17,22H,2,7-8,11,13H2,1H3. The highest BCUT2D eigenvalue weighted by atomic mass is 32.2. The van der Waals surface area contributed by atoms with Crippen LogP contribution in [-0.4, -0.2) is 48.3 Å². The molecule has 0 aliphatic carbocycles. The molecule has 0 saturated carbocycles. The molecular weight excluding hydrogens is 369 g/mol. The molecule has 1 amide bonds. The van der Waals surface area contributed by atoms with Gasteiger partial charge in [-0.05, 0) is 25.5 Å². The number of nitrogens with one attached hydrogen (secondary N) is 1. The summed E-state index contributed by atoms with van der Waals surface area (Å²) in [5.74, 6) is -0.429. The highest BCUT2D eigenvalue weighted by Gasteiger charge is 2.34. The van der Waals surface area contributed by atoms with E-state index >= 15 is 0 Å². The summed E-state index contributed by atoms with van der Waals surface area (Å²) < 4.78 is 37.2. The molecule has 6 nitrogen and oxygen atoms in total. The van der Waals surface area contributed by atoms with Gasteiger partial charge in [0.05, 0.1) is 22.8 Å². The Morgan fingerprint density at radius 3 is 2.78 bits per heavy atom. The zero-order valence-electron chi connectivity index (χ0n) is 15.1. The summed E-state index contributed by atoms with van der Waals surface area (Å²) in [6.45, 7) is 2.52. The van der Waals surface area contributed by atoms with E-state index in [0.29, 0.717) is 29.8 Å². The van der Waals surface area contributed by atoms with Crippen molar-refractivity contribution in [1.82, 2.24) is 9.88 Å². The van der Waals surface area contributed by atoms with Crippen molar-refractivity contribution in [2.45, 2.75) is 25.9 Å². The van der Waals surface area contributed by atoms with Gasteiger partial charge in [-0.2, -0.15) is 0 Å². The zero-order valence-corrected chi connectivity index (χ0v) is 15.9. The minimum absolute atomic E-state index is 0.00519. The lowest BCUT2D eigenvalue weighted by Crippen LogP contribution is -2.41. The first kappa shape index (κ1) is 19.3. The maximum absolute atomic E-state index is 13.7. The fraction of sp³-hybridized carbons (Fsp3) is 0.368. The second-order valence-electron chi connectivity index (χ2n) is 6.56. The van der Waals surface area contributed by atoms with Gasteiger partial charge in [0.25, 0.3) is 5.91 Å². The van der Waals surface area contributed by atoms with Gasteiger partial charge in [0.2, 0.25) is 0 Å². The third kappa shape index (κ3) is 4.63. The minimum Gasteiger partial charge on any atom is -0.380 e. The lowest BCUT2D eigenvalue weighted by atomic mass is 10.1. The molecule has 0 bridgehead atoms. The number of anilines is 1. The summed E-state index contributed by atoms with van der Waals surface area (Å²) in [5.41, 5.74) is 1.49. The molecule has 2 aromatic rings. The summed E-state index contributed by atoms with van der Waals surface area (Å²) in [5, 5.41) is 3.07. The molecule has 8 heteroatoms. The fourth-order valence-corrected chi connectivity index (χ4v) is 4.98. The maximum atomic E-state index is 13.7. The number of halogens is 1. The first-order chi connectivity index (χ1) is 12.9. The third-order valence-corrected chi connectivity index (χ3v) is 6.43. The molecule has 1 N–H and O–H groups in total.